The third-order valence-electron chi connectivity index (χ3n) is 4.79. The molecule has 0 bridgehead atoms. The van der Waals surface area contributed by atoms with Crippen LogP contribution in [-0.2, 0) is 0 Å². The zero-order valence-corrected chi connectivity index (χ0v) is 15.5. The molecule has 1 aliphatic carbocycles. The van der Waals surface area contributed by atoms with Gasteiger partial charge in [0.15, 0.2) is 0 Å². The van der Waals surface area contributed by atoms with Gasteiger partial charge in [-0.2, -0.15) is 4.98 Å². The molecule has 1 saturated heterocycles. The van der Waals surface area contributed by atoms with Crippen molar-refractivity contribution >= 4 is 29.3 Å². The van der Waals surface area contributed by atoms with Crippen molar-refractivity contribution in [2.45, 2.75) is 49.2 Å². The highest BCUT2D eigenvalue weighted by atomic mass is 35.5. The van der Waals surface area contributed by atoms with Crippen LogP contribution >= 0.6 is 23.4 Å². The summed E-state index contributed by atoms with van der Waals surface area (Å²) in [6, 6.07) is 0.615. The standard InChI is InChI=1S/C16H26ClN5S/c1-21-8-9-22(16-18-10-13(23-2)15(17)20-16)14(11-21)19-12-6-4-3-5-7-12/h10,12,14,19H,3-9,11H2,1-2H3. The van der Waals surface area contributed by atoms with Crippen molar-refractivity contribution in [2.24, 2.45) is 0 Å². The van der Waals surface area contributed by atoms with Gasteiger partial charge in [0, 0.05) is 31.9 Å². The van der Waals surface area contributed by atoms with Gasteiger partial charge in [0.1, 0.15) is 5.15 Å². The third-order valence-corrected chi connectivity index (χ3v) is 5.93. The van der Waals surface area contributed by atoms with Crippen molar-refractivity contribution < 1.29 is 0 Å². The van der Waals surface area contributed by atoms with Crippen LogP contribution in [0.2, 0.25) is 5.15 Å². The van der Waals surface area contributed by atoms with Gasteiger partial charge in [-0.15, -0.1) is 11.8 Å². The number of nitrogens with zero attached hydrogens (tertiary/aromatic N) is 4. The van der Waals surface area contributed by atoms with E-state index in [0.29, 0.717) is 11.2 Å². The fraction of sp³-hybridized carbons (Fsp3) is 0.750. The van der Waals surface area contributed by atoms with E-state index >= 15 is 0 Å². The van der Waals surface area contributed by atoms with Crippen LogP contribution in [0.5, 0.6) is 0 Å². The fourth-order valence-corrected chi connectivity index (χ4v) is 4.19. The molecular formula is C16H26ClN5S. The van der Waals surface area contributed by atoms with E-state index in [1.54, 1.807) is 11.8 Å². The van der Waals surface area contributed by atoms with E-state index in [2.05, 4.69) is 32.1 Å². The number of piperazine rings is 1. The smallest absolute Gasteiger partial charge is 0.228 e. The molecule has 0 radical (unpaired) electrons. The van der Waals surface area contributed by atoms with E-state index < -0.39 is 0 Å². The lowest BCUT2D eigenvalue weighted by atomic mass is 9.95. The molecule has 1 aromatic rings. The number of hydrogen-bond donors (Lipinski definition) is 1. The minimum atomic E-state index is 0.257. The lowest BCUT2D eigenvalue weighted by molar-refractivity contribution is 0.217. The normalized spacial score (nSPS) is 24.1. The van der Waals surface area contributed by atoms with E-state index in [1.807, 2.05) is 12.5 Å². The van der Waals surface area contributed by atoms with Crippen molar-refractivity contribution in [1.29, 1.82) is 0 Å². The minimum absolute atomic E-state index is 0.257. The Kier molecular flexibility index (Phi) is 6.01. The van der Waals surface area contributed by atoms with Crippen LogP contribution < -0.4 is 10.2 Å². The first-order valence-corrected chi connectivity index (χ1v) is 10.1. The number of hydrogen-bond acceptors (Lipinski definition) is 6. The summed E-state index contributed by atoms with van der Waals surface area (Å²) in [6.45, 7) is 2.94. The highest BCUT2D eigenvalue weighted by Gasteiger charge is 2.29. The minimum Gasteiger partial charge on any atom is -0.323 e. The van der Waals surface area contributed by atoms with Crippen LogP contribution in [0.15, 0.2) is 11.1 Å². The highest BCUT2D eigenvalue weighted by molar-refractivity contribution is 7.98. The Morgan fingerprint density at radius 3 is 2.74 bits per heavy atom. The highest BCUT2D eigenvalue weighted by Crippen LogP contribution is 2.26. The van der Waals surface area contributed by atoms with Crippen LogP contribution in [0.25, 0.3) is 0 Å². The molecule has 0 amide bonds. The maximum atomic E-state index is 6.29. The van der Waals surface area contributed by atoms with Crippen molar-refractivity contribution in [1.82, 2.24) is 20.2 Å². The van der Waals surface area contributed by atoms with Gasteiger partial charge in [0.05, 0.1) is 11.1 Å². The first-order chi connectivity index (χ1) is 11.2. The number of likely N-dealkylation sites (N-methyl/N-ethyl adjacent to an activating group) is 1. The van der Waals surface area contributed by atoms with Gasteiger partial charge in [0.25, 0.3) is 0 Å². The van der Waals surface area contributed by atoms with E-state index in [4.69, 9.17) is 11.6 Å². The summed E-state index contributed by atoms with van der Waals surface area (Å²) in [7, 11) is 2.18. The molecule has 3 rings (SSSR count). The summed E-state index contributed by atoms with van der Waals surface area (Å²) in [6.07, 6.45) is 10.7. The van der Waals surface area contributed by atoms with E-state index in [1.165, 1.54) is 32.1 Å². The van der Waals surface area contributed by atoms with Gasteiger partial charge in [0.2, 0.25) is 5.95 Å². The second-order valence-corrected chi connectivity index (χ2v) is 7.71. The molecule has 2 fully saturated rings. The Hall–Kier alpha value is -0.560. The fourth-order valence-electron chi connectivity index (χ4n) is 3.46. The molecule has 1 saturated carbocycles. The van der Waals surface area contributed by atoms with Crippen LogP contribution in [0, 0.1) is 0 Å². The van der Waals surface area contributed by atoms with Crippen molar-refractivity contribution in [2.75, 3.05) is 37.8 Å². The zero-order valence-electron chi connectivity index (χ0n) is 14.0. The van der Waals surface area contributed by atoms with Crippen LogP contribution in [0.3, 0.4) is 0 Å². The Bertz CT molecular complexity index is 523. The van der Waals surface area contributed by atoms with Gasteiger partial charge in [-0.3, -0.25) is 5.32 Å². The van der Waals surface area contributed by atoms with Crippen LogP contribution in [-0.4, -0.2) is 60.0 Å². The second kappa shape index (κ2) is 8.01. The molecule has 2 aliphatic rings. The molecule has 1 N–H and O–H groups in total. The molecular weight excluding hydrogens is 330 g/mol. The van der Waals surface area contributed by atoms with Gasteiger partial charge in [-0.05, 0) is 26.1 Å². The maximum absolute atomic E-state index is 6.29. The molecule has 5 nitrogen and oxygen atoms in total. The molecule has 128 valence electrons. The van der Waals surface area contributed by atoms with Crippen LogP contribution in [0.1, 0.15) is 32.1 Å². The summed E-state index contributed by atoms with van der Waals surface area (Å²) in [4.78, 5) is 14.7. The first kappa shape index (κ1) is 17.3. The average Bonchev–Trinajstić information content (AvgIpc) is 2.56. The van der Waals surface area contributed by atoms with E-state index in [9.17, 15) is 0 Å². The molecule has 1 atom stereocenters. The van der Waals surface area contributed by atoms with Gasteiger partial charge < -0.3 is 9.80 Å². The summed E-state index contributed by atoms with van der Waals surface area (Å²) >= 11 is 7.87. The number of nitrogens with one attached hydrogen (secondary N) is 1. The lowest BCUT2D eigenvalue weighted by Crippen LogP contribution is -2.61. The summed E-state index contributed by atoms with van der Waals surface area (Å²) in [5, 5.41) is 4.39. The number of thioether (sulfide) groups is 1. The lowest BCUT2D eigenvalue weighted by Gasteiger charge is -2.42. The zero-order chi connectivity index (χ0) is 16.2. The van der Waals surface area contributed by atoms with Gasteiger partial charge >= 0.3 is 0 Å². The predicted molar refractivity (Wildman–Crippen MR) is 97.5 cm³/mol. The topological polar surface area (TPSA) is 44.3 Å². The van der Waals surface area contributed by atoms with Gasteiger partial charge in [-0.25, -0.2) is 4.98 Å². The van der Waals surface area contributed by atoms with Crippen molar-refractivity contribution in [3.63, 3.8) is 0 Å². The molecule has 1 aromatic heterocycles. The van der Waals surface area contributed by atoms with Crippen molar-refractivity contribution in [3.8, 4) is 0 Å². The Labute approximate surface area is 148 Å². The van der Waals surface area contributed by atoms with Crippen LogP contribution in [0.4, 0.5) is 5.95 Å². The van der Waals surface area contributed by atoms with Gasteiger partial charge in [-0.1, -0.05) is 30.9 Å². The van der Waals surface area contributed by atoms with Crippen molar-refractivity contribution in [3.05, 3.63) is 11.3 Å². The molecule has 7 heteroatoms. The summed E-state index contributed by atoms with van der Waals surface area (Å²) in [5.41, 5.74) is 0. The molecule has 2 heterocycles. The van der Waals surface area contributed by atoms with E-state index in [0.717, 1.165) is 30.5 Å². The Morgan fingerprint density at radius 1 is 1.26 bits per heavy atom. The number of halogens is 1. The number of rotatable bonds is 4. The predicted octanol–water partition coefficient (Wildman–Crippen LogP) is 2.85. The molecule has 0 spiro atoms. The summed E-state index contributed by atoms with van der Waals surface area (Å²) < 4.78 is 0. The molecule has 1 unspecified atom stereocenters. The maximum Gasteiger partial charge on any atom is 0.228 e. The third kappa shape index (κ3) is 4.29. The molecule has 1 aliphatic heterocycles. The number of anilines is 1. The Balaban J connectivity index is 1.75. The molecule has 0 aromatic carbocycles. The monoisotopic (exact) mass is 355 g/mol. The number of aromatic nitrogens is 2. The largest absolute Gasteiger partial charge is 0.323 e. The second-order valence-electron chi connectivity index (χ2n) is 6.50. The molecule has 23 heavy (non-hydrogen) atoms. The SMILES string of the molecule is CSc1cnc(N2CCN(C)CC2NC2CCCCC2)nc1Cl. The van der Waals surface area contributed by atoms with E-state index in [-0.39, 0.29) is 6.17 Å². The first-order valence-electron chi connectivity index (χ1n) is 8.45. The quantitative estimate of drug-likeness (QED) is 0.662. The average molecular weight is 356 g/mol. The Morgan fingerprint density at radius 2 is 2.04 bits per heavy atom. The summed E-state index contributed by atoms with van der Waals surface area (Å²) in [5.74, 6) is 0.745.